The third-order valence-corrected chi connectivity index (χ3v) is 7.79. The zero-order chi connectivity index (χ0) is 25.9. The average molecular weight is 569 g/mol. The van der Waals surface area contributed by atoms with Crippen molar-refractivity contribution >= 4 is 46.8 Å². The zero-order valence-corrected chi connectivity index (χ0v) is 23.7. The highest BCUT2D eigenvalue weighted by molar-refractivity contribution is 9.10. The lowest BCUT2D eigenvalue weighted by Crippen LogP contribution is -2.22. The van der Waals surface area contributed by atoms with Gasteiger partial charge in [-0.05, 0) is 52.3 Å². The quantitative estimate of drug-likeness (QED) is 0.191. The minimum absolute atomic E-state index is 0.183. The lowest BCUT2D eigenvalue weighted by molar-refractivity contribution is -0.114. The van der Waals surface area contributed by atoms with Crippen molar-refractivity contribution in [3.05, 3.63) is 53.4 Å². The van der Waals surface area contributed by atoms with Gasteiger partial charge < -0.3 is 19.4 Å². The number of halogens is 1. The van der Waals surface area contributed by atoms with Gasteiger partial charge >= 0.3 is 0 Å². The van der Waals surface area contributed by atoms with Crippen molar-refractivity contribution in [1.29, 1.82) is 0 Å². The van der Waals surface area contributed by atoms with Gasteiger partial charge in [-0.15, -0.1) is 0 Å². The summed E-state index contributed by atoms with van der Waals surface area (Å²) >= 11 is 3.58. The number of carbonyl (C=O) groups excluding carboxylic acids is 1. The maximum Gasteiger partial charge on any atom is 0.222 e. The van der Waals surface area contributed by atoms with Gasteiger partial charge in [0, 0.05) is 44.0 Å². The van der Waals surface area contributed by atoms with E-state index in [9.17, 15) is 4.79 Å². The van der Waals surface area contributed by atoms with Gasteiger partial charge in [-0.2, -0.15) is 0 Å². The molecule has 1 amide bonds. The second kappa shape index (κ2) is 10.9. The Labute approximate surface area is 220 Å². The fraction of sp³-hybridized carbons (Fsp3) is 0.308. The Bertz CT molecular complexity index is 1380. The highest BCUT2D eigenvalue weighted by Crippen LogP contribution is 2.40. The van der Waals surface area contributed by atoms with Crippen molar-refractivity contribution in [2.24, 2.45) is 0 Å². The first-order chi connectivity index (χ1) is 17.2. The summed E-state index contributed by atoms with van der Waals surface area (Å²) < 4.78 is 14.5. The summed E-state index contributed by atoms with van der Waals surface area (Å²) in [7, 11) is 0.377. The average Bonchev–Trinajstić information content (AvgIpc) is 3.14. The van der Waals surface area contributed by atoms with Gasteiger partial charge in [0.05, 0.1) is 41.3 Å². The first-order valence-electron chi connectivity index (χ1n) is 11.7. The number of nitrogens with one attached hydrogen (secondary N) is 1. The van der Waals surface area contributed by atoms with Crippen molar-refractivity contribution < 1.29 is 14.3 Å². The van der Waals surface area contributed by atoms with E-state index in [4.69, 9.17) is 14.5 Å². The van der Waals surface area contributed by atoms with Crippen LogP contribution in [0, 0.1) is 0 Å². The number of nitrogens with zero attached hydrogens (tertiary/aromatic N) is 4. The Morgan fingerprint density at radius 2 is 1.92 bits per heavy atom. The van der Waals surface area contributed by atoms with Gasteiger partial charge in [0.1, 0.15) is 18.3 Å². The number of hydrogen-bond donors (Lipinski definition) is 1. The number of pyridine rings is 3. The van der Waals surface area contributed by atoms with E-state index in [1.807, 2.05) is 30.3 Å². The van der Waals surface area contributed by atoms with Gasteiger partial charge in [-0.3, -0.25) is 14.8 Å². The molecule has 0 saturated heterocycles. The number of carbonyl (C=O) groups is 1. The van der Waals surface area contributed by atoms with Crippen molar-refractivity contribution in [3.8, 4) is 28.3 Å². The van der Waals surface area contributed by atoms with E-state index in [2.05, 4.69) is 55.4 Å². The fourth-order valence-electron chi connectivity index (χ4n) is 3.88. The van der Waals surface area contributed by atoms with Crippen LogP contribution in [0.4, 0.5) is 5.82 Å². The predicted octanol–water partition coefficient (Wildman–Crippen LogP) is 6.20. The highest BCUT2D eigenvalue weighted by Gasteiger charge is 2.23. The first kappa shape index (κ1) is 26.0. The molecule has 4 aromatic rings. The molecule has 4 heterocycles. The molecule has 10 heteroatoms. The third kappa shape index (κ3) is 6.00. The zero-order valence-electron chi connectivity index (χ0n) is 21.1. The molecule has 188 valence electrons. The number of fused-ring (bicyclic) bond motifs is 1. The molecule has 0 fully saturated rings. The summed E-state index contributed by atoms with van der Waals surface area (Å²) in [5, 5.41) is 2.78. The topological polar surface area (TPSA) is 91.2 Å². The van der Waals surface area contributed by atoms with Gasteiger partial charge in [-0.25, -0.2) is 4.98 Å². The maximum atomic E-state index is 11.7. The Hall–Kier alpha value is -3.08. The molecule has 1 N–H and O–H groups in total. The second-order valence-electron chi connectivity index (χ2n) is 9.72. The standard InChI is InChI=1S/C26H30BrN5O3Si/c1-17(33)31-23-12-18(8-9-28-23)26-24(21-7-6-20(34-2)15-29-21)25-22(13-19(27)14-30-25)32(26)16-35-10-11-36(3,4)5/h6-9,12-15H,10-11,16H2,1-5H3,(H,28,31,33). The Morgan fingerprint density at radius 3 is 2.58 bits per heavy atom. The Balaban J connectivity index is 1.92. The summed E-state index contributed by atoms with van der Waals surface area (Å²) in [6, 6.07) is 10.7. The molecule has 0 bridgehead atoms. The number of anilines is 1. The molecule has 0 atom stereocenters. The van der Waals surface area contributed by atoms with Gasteiger partial charge in [0.2, 0.25) is 5.91 Å². The fourth-order valence-corrected chi connectivity index (χ4v) is 4.96. The Morgan fingerprint density at radius 1 is 1.11 bits per heavy atom. The van der Waals surface area contributed by atoms with Gasteiger partial charge in [0.25, 0.3) is 0 Å². The Kier molecular flexibility index (Phi) is 7.87. The molecule has 0 aromatic carbocycles. The molecular formula is C26H30BrN5O3Si. The molecule has 0 radical (unpaired) electrons. The van der Waals surface area contributed by atoms with E-state index in [0.29, 0.717) is 24.9 Å². The number of ether oxygens (including phenoxy) is 2. The van der Waals surface area contributed by atoms with E-state index < -0.39 is 8.07 Å². The highest BCUT2D eigenvalue weighted by atomic mass is 79.9. The van der Waals surface area contributed by atoms with Crippen LogP contribution in [0.5, 0.6) is 5.75 Å². The number of aromatic nitrogens is 4. The molecule has 8 nitrogen and oxygen atoms in total. The largest absolute Gasteiger partial charge is 0.495 e. The van der Waals surface area contributed by atoms with Gasteiger partial charge in [-0.1, -0.05) is 19.6 Å². The summed E-state index contributed by atoms with van der Waals surface area (Å²) in [5.41, 5.74) is 5.09. The van der Waals surface area contributed by atoms with Crippen LogP contribution in [0.15, 0.2) is 53.4 Å². The predicted molar refractivity (Wildman–Crippen MR) is 149 cm³/mol. The minimum atomic E-state index is -1.24. The van der Waals surface area contributed by atoms with Crippen molar-refractivity contribution in [3.63, 3.8) is 0 Å². The van der Waals surface area contributed by atoms with Gasteiger partial charge in [0.15, 0.2) is 0 Å². The molecule has 36 heavy (non-hydrogen) atoms. The van der Waals surface area contributed by atoms with E-state index in [1.165, 1.54) is 6.92 Å². The van der Waals surface area contributed by atoms with Crippen LogP contribution in [0.1, 0.15) is 6.92 Å². The van der Waals surface area contributed by atoms with Crippen LogP contribution in [0.2, 0.25) is 25.7 Å². The van der Waals surface area contributed by atoms with E-state index in [1.54, 1.807) is 25.7 Å². The van der Waals surface area contributed by atoms with E-state index in [-0.39, 0.29) is 5.91 Å². The van der Waals surface area contributed by atoms with E-state index >= 15 is 0 Å². The molecular weight excluding hydrogens is 538 g/mol. The number of rotatable bonds is 9. The third-order valence-electron chi connectivity index (χ3n) is 5.65. The number of hydrogen-bond acceptors (Lipinski definition) is 6. The lowest BCUT2D eigenvalue weighted by atomic mass is 10.0. The summed E-state index contributed by atoms with van der Waals surface area (Å²) in [6.45, 7) is 9.50. The smallest absolute Gasteiger partial charge is 0.222 e. The molecule has 0 unspecified atom stereocenters. The molecule has 0 aliphatic carbocycles. The van der Waals surface area contributed by atoms with Crippen LogP contribution in [-0.4, -0.2) is 47.2 Å². The second-order valence-corrected chi connectivity index (χ2v) is 16.3. The summed E-state index contributed by atoms with van der Waals surface area (Å²) in [6.07, 6.45) is 5.16. The van der Waals surface area contributed by atoms with Crippen molar-refractivity contribution in [2.75, 3.05) is 19.0 Å². The number of amides is 1. The van der Waals surface area contributed by atoms with Crippen molar-refractivity contribution in [2.45, 2.75) is 39.3 Å². The molecule has 0 saturated carbocycles. The summed E-state index contributed by atoms with van der Waals surface area (Å²) in [4.78, 5) is 25.5. The molecule has 0 aliphatic heterocycles. The van der Waals surface area contributed by atoms with Crippen LogP contribution in [0.3, 0.4) is 0 Å². The lowest BCUT2D eigenvalue weighted by Gasteiger charge is -2.17. The minimum Gasteiger partial charge on any atom is -0.495 e. The van der Waals surface area contributed by atoms with E-state index in [0.717, 1.165) is 44.1 Å². The summed E-state index contributed by atoms with van der Waals surface area (Å²) in [5.74, 6) is 0.961. The number of methoxy groups -OCH3 is 1. The first-order valence-corrected chi connectivity index (χ1v) is 16.2. The normalized spacial score (nSPS) is 11.6. The van der Waals surface area contributed by atoms with Crippen LogP contribution < -0.4 is 10.1 Å². The van der Waals surface area contributed by atoms with Crippen LogP contribution in [0.25, 0.3) is 33.5 Å². The SMILES string of the molecule is COc1ccc(-c2c(-c3ccnc(NC(C)=O)c3)n(COCC[Si](C)(C)C)c3cc(Br)cnc23)nc1. The van der Waals surface area contributed by atoms with Crippen LogP contribution in [-0.2, 0) is 16.3 Å². The molecule has 4 rings (SSSR count). The van der Waals surface area contributed by atoms with Crippen LogP contribution >= 0.6 is 15.9 Å². The monoisotopic (exact) mass is 567 g/mol. The molecule has 0 spiro atoms. The van der Waals surface area contributed by atoms with Crippen molar-refractivity contribution in [1.82, 2.24) is 19.5 Å². The molecule has 0 aliphatic rings. The maximum absolute atomic E-state index is 11.7. The molecule has 4 aromatic heterocycles.